The molecule has 230 valence electrons. The molecular weight excluding hydrogens is 611 g/mol. The summed E-state index contributed by atoms with van der Waals surface area (Å²) in [5.41, 5.74) is 11.2. The van der Waals surface area contributed by atoms with E-state index in [9.17, 15) is 15.8 Å². The average Bonchev–Trinajstić information content (AvgIpc) is 3.69. The van der Waals surface area contributed by atoms with E-state index in [1.165, 1.54) is 0 Å². The molecule has 0 spiro atoms. The molecule has 50 heavy (non-hydrogen) atoms. The topological polar surface area (TPSA) is 81.2 Å². The third-order valence-electron chi connectivity index (χ3n) is 9.65. The van der Waals surface area contributed by atoms with E-state index in [0.717, 1.165) is 77.2 Å². The van der Waals surface area contributed by atoms with Gasteiger partial charge in [-0.25, -0.2) is 0 Å². The number of nitriles is 3. The van der Waals surface area contributed by atoms with Gasteiger partial charge in [-0.05, 0) is 71.3 Å². The molecule has 0 atom stereocenters. The minimum atomic E-state index is 0.554. The molecule has 0 bridgehead atoms. The van der Waals surface area contributed by atoms with Gasteiger partial charge in [0.1, 0.15) is 12.1 Å². The summed E-state index contributed by atoms with van der Waals surface area (Å²) in [6, 6.07) is 57.7. The van der Waals surface area contributed by atoms with Gasteiger partial charge in [0.2, 0.25) is 0 Å². The van der Waals surface area contributed by atoms with Gasteiger partial charge in [-0.1, -0.05) is 97.1 Å². The summed E-state index contributed by atoms with van der Waals surface area (Å²) < 4.78 is 4.32. The van der Waals surface area contributed by atoms with Gasteiger partial charge >= 0.3 is 0 Å². The molecule has 0 fully saturated rings. The van der Waals surface area contributed by atoms with Crippen molar-refractivity contribution >= 4 is 43.6 Å². The van der Waals surface area contributed by atoms with Crippen LogP contribution in [0.1, 0.15) is 16.7 Å². The zero-order valence-corrected chi connectivity index (χ0v) is 26.7. The highest BCUT2D eigenvalue weighted by atomic mass is 15.0. The lowest BCUT2D eigenvalue weighted by Gasteiger charge is -2.16. The van der Waals surface area contributed by atoms with E-state index in [-0.39, 0.29) is 0 Å². The second kappa shape index (κ2) is 11.4. The zero-order valence-electron chi connectivity index (χ0n) is 26.7. The van der Waals surface area contributed by atoms with E-state index in [1.807, 2.05) is 84.9 Å². The predicted molar refractivity (Wildman–Crippen MR) is 200 cm³/mol. The molecule has 2 aromatic heterocycles. The number of fused-ring (bicyclic) bond motifs is 6. The molecule has 9 aromatic rings. The molecule has 0 radical (unpaired) electrons. The van der Waals surface area contributed by atoms with Crippen LogP contribution in [0.25, 0.3) is 77.2 Å². The Kier molecular flexibility index (Phi) is 6.56. The zero-order chi connectivity index (χ0) is 33.8. The minimum Gasteiger partial charge on any atom is -0.308 e. The summed E-state index contributed by atoms with van der Waals surface area (Å²) in [5, 5.41) is 34.6. The molecular formula is C45H25N5. The first-order chi connectivity index (χ1) is 24.7. The second-order valence-electron chi connectivity index (χ2n) is 12.3. The van der Waals surface area contributed by atoms with Crippen LogP contribution in [-0.2, 0) is 0 Å². The number of para-hydroxylation sites is 4. The molecule has 7 aromatic carbocycles. The Morgan fingerprint density at radius 2 is 0.940 bits per heavy atom. The number of benzene rings is 7. The number of rotatable bonds is 4. The van der Waals surface area contributed by atoms with Gasteiger partial charge in [0.15, 0.2) is 0 Å². The average molecular weight is 636 g/mol. The van der Waals surface area contributed by atoms with Crippen LogP contribution in [0.3, 0.4) is 0 Å². The summed E-state index contributed by atoms with van der Waals surface area (Å²) in [6.07, 6.45) is 0. The monoisotopic (exact) mass is 635 g/mol. The van der Waals surface area contributed by atoms with Gasteiger partial charge in [0.05, 0.1) is 56.2 Å². The smallest absolute Gasteiger partial charge is 0.101 e. The van der Waals surface area contributed by atoms with Crippen LogP contribution in [0.5, 0.6) is 0 Å². The highest BCUT2D eigenvalue weighted by Crippen LogP contribution is 2.39. The Morgan fingerprint density at radius 1 is 0.380 bits per heavy atom. The molecule has 0 aliphatic rings. The summed E-state index contributed by atoms with van der Waals surface area (Å²) in [6.45, 7) is 0. The van der Waals surface area contributed by atoms with Crippen molar-refractivity contribution in [3.63, 3.8) is 0 Å². The standard InChI is InChI=1S/C45H25N5/c46-26-29-16-22-44-39(24-29)38-11-3-6-15-43(38)50(44)45-33(27-47)8-7-12-35(45)31-19-17-30(18-20-31)32-21-23-40(34(25-32)28-48)49-41-13-4-1-9-36(41)37-10-2-5-14-42(37)49/h1-25H. The molecule has 0 saturated carbocycles. The lowest BCUT2D eigenvalue weighted by atomic mass is 9.96. The fourth-order valence-corrected chi connectivity index (χ4v) is 7.42. The van der Waals surface area contributed by atoms with Crippen molar-refractivity contribution in [2.45, 2.75) is 0 Å². The number of nitrogens with zero attached hydrogens (tertiary/aromatic N) is 5. The molecule has 2 heterocycles. The largest absolute Gasteiger partial charge is 0.308 e. The molecule has 0 aliphatic carbocycles. The van der Waals surface area contributed by atoms with Crippen LogP contribution in [-0.4, -0.2) is 9.13 Å². The maximum Gasteiger partial charge on any atom is 0.101 e. The van der Waals surface area contributed by atoms with E-state index < -0.39 is 0 Å². The number of aromatic nitrogens is 2. The molecule has 0 unspecified atom stereocenters. The fraction of sp³-hybridized carbons (Fsp3) is 0. The van der Waals surface area contributed by atoms with Crippen LogP contribution in [0.4, 0.5) is 0 Å². The van der Waals surface area contributed by atoms with Crippen LogP contribution in [0, 0.1) is 34.0 Å². The first-order valence-corrected chi connectivity index (χ1v) is 16.3. The molecule has 9 rings (SSSR count). The normalized spacial score (nSPS) is 11.1. The summed E-state index contributed by atoms with van der Waals surface area (Å²) in [7, 11) is 0. The van der Waals surface area contributed by atoms with Crippen molar-refractivity contribution in [3.8, 4) is 51.8 Å². The third kappa shape index (κ3) is 4.31. The SMILES string of the molecule is N#Cc1ccc2c(c1)c1ccccc1n2-c1c(C#N)cccc1-c1ccc(-c2ccc(-n3c4ccccc4c4ccccc43)c(C#N)c2)cc1. The van der Waals surface area contributed by atoms with E-state index in [1.54, 1.807) is 0 Å². The first-order valence-electron chi connectivity index (χ1n) is 16.3. The Bertz CT molecular complexity index is 2900. The Balaban J connectivity index is 1.16. The van der Waals surface area contributed by atoms with Crippen molar-refractivity contribution in [1.29, 1.82) is 15.8 Å². The van der Waals surface area contributed by atoms with Gasteiger partial charge in [0, 0.05) is 27.1 Å². The van der Waals surface area contributed by atoms with Crippen molar-refractivity contribution < 1.29 is 0 Å². The van der Waals surface area contributed by atoms with E-state index in [2.05, 4.69) is 94.1 Å². The minimum absolute atomic E-state index is 0.554. The molecule has 5 heteroatoms. The van der Waals surface area contributed by atoms with Crippen LogP contribution >= 0.6 is 0 Å². The van der Waals surface area contributed by atoms with Crippen molar-refractivity contribution in [3.05, 3.63) is 168 Å². The molecule has 0 aliphatic heterocycles. The molecule has 0 amide bonds. The van der Waals surface area contributed by atoms with Crippen molar-refractivity contribution in [1.82, 2.24) is 9.13 Å². The molecule has 5 nitrogen and oxygen atoms in total. The van der Waals surface area contributed by atoms with Gasteiger partial charge in [-0.3, -0.25) is 0 Å². The maximum absolute atomic E-state index is 10.4. The van der Waals surface area contributed by atoms with Crippen LogP contribution < -0.4 is 0 Å². The Labute approximate surface area is 287 Å². The quantitative estimate of drug-likeness (QED) is 0.193. The van der Waals surface area contributed by atoms with E-state index >= 15 is 0 Å². The predicted octanol–water partition coefficient (Wildman–Crippen LogP) is 10.8. The number of hydrogen-bond acceptors (Lipinski definition) is 3. The highest BCUT2D eigenvalue weighted by Gasteiger charge is 2.20. The van der Waals surface area contributed by atoms with Gasteiger partial charge in [0.25, 0.3) is 0 Å². The van der Waals surface area contributed by atoms with Gasteiger partial charge in [-0.15, -0.1) is 0 Å². The molecule has 0 N–H and O–H groups in total. The summed E-state index contributed by atoms with van der Waals surface area (Å²) in [4.78, 5) is 0. The van der Waals surface area contributed by atoms with Crippen LogP contribution in [0.2, 0.25) is 0 Å². The van der Waals surface area contributed by atoms with Gasteiger partial charge < -0.3 is 9.13 Å². The highest BCUT2D eigenvalue weighted by molar-refractivity contribution is 6.11. The first kappa shape index (κ1) is 28.8. The van der Waals surface area contributed by atoms with E-state index in [0.29, 0.717) is 16.7 Å². The third-order valence-corrected chi connectivity index (χ3v) is 9.65. The second-order valence-corrected chi connectivity index (χ2v) is 12.3. The lowest BCUT2D eigenvalue weighted by molar-refractivity contribution is 1.17. The van der Waals surface area contributed by atoms with Crippen molar-refractivity contribution in [2.24, 2.45) is 0 Å². The molecule has 0 saturated heterocycles. The maximum atomic E-state index is 10.4. The number of hydrogen-bond donors (Lipinski definition) is 0. The van der Waals surface area contributed by atoms with Gasteiger partial charge in [-0.2, -0.15) is 15.8 Å². The Hall–Kier alpha value is -7.39. The Morgan fingerprint density at radius 3 is 1.58 bits per heavy atom. The van der Waals surface area contributed by atoms with Crippen molar-refractivity contribution in [2.75, 3.05) is 0 Å². The summed E-state index contributed by atoms with van der Waals surface area (Å²) in [5.74, 6) is 0. The fourth-order valence-electron chi connectivity index (χ4n) is 7.42. The van der Waals surface area contributed by atoms with Crippen LogP contribution in [0.15, 0.2) is 152 Å². The summed E-state index contributed by atoms with van der Waals surface area (Å²) >= 11 is 0. The lowest BCUT2D eigenvalue weighted by Crippen LogP contribution is -2.01. The van der Waals surface area contributed by atoms with E-state index in [4.69, 9.17) is 0 Å².